The Balaban J connectivity index is 2.12. The molecule has 0 aromatic heterocycles. The molecule has 0 spiro atoms. The Bertz CT molecular complexity index is 414. The van der Waals surface area contributed by atoms with Crippen LogP contribution in [0.3, 0.4) is 0 Å². The summed E-state index contributed by atoms with van der Waals surface area (Å²) in [6.45, 7) is 2.41. The van der Waals surface area contributed by atoms with E-state index in [-0.39, 0.29) is 18.3 Å². The third kappa shape index (κ3) is 2.91. The Labute approximate surface area is 108 Å². The zero-order valence-electron chi connectivity index (χ0n) is 10.8. The van der Waals surface area contributed by atoms with E-state index < -0.39 is 0 Å². The third-order valence-corrected chi connectivity index (χ3v) is 3.70. The van der Waals surface area contributed by atoms with Crippen LogP contribution in [0.2, 0.25) is 0 Å². The number of carbonyl (C=O) groups excluding carboxylic acids is 1. The van der Waals surface area contributed by atoms with E-state index in [0.717, 1.165) is 18.6 Å². The quantitative estimate of drug-likeness (QED) is 0.871. The molecule has 0 fully saturated rings. The predicted molar refractivity (Wildman–Crippen MR) is 69.8 cm³/mol. The van der Waals surface area contributed by atoms with E-state index in [1.165, 1.54) is 5.56 Å². The average molecular weight is 248 g/mol. The van der Waals surface area contributed by atoms with Crippen LogP contribution in [-0.4, -0.2) is 24.1 Å². The molecule has 1 aromatic carbocycles. The van der Waals surface area contributed by atoms with Crippen molar-refractivity contribution in [3.05, 3.63) is 29.8 Å². The van der Waals surface area contributed by atoms with Gasteiger partial charge >= 0.3 is 0 Å². The highest BCUT2D eigenvalue weighted by atomic mass is 16.5. The molecule has 0 amide bonds. The molecule has 3 heteroatoms. The van der Waals surface area contributed by atoms with Crippen molar-refractivity contribution in [1.29, 1.82) is 0 Å². The van der Waals surface area contributed by atoms with Crippen molar-refractivity contribution < 1.29 is 14.6 Å². The molecule has 0 aliphatic carbocycles. The van der Waals surface area contributed by atoms with Gasteiger partial charge in [-0.25, -0.2) is 0 Å². The molecule has 0 bridgehead atoms. The number of hydrogen-bond acceptors (Lipinski definition) is 3. The van der Waals surface area contributed by atoms with E-state index in [4.69, 9.17) is 9.84 Å². The van der Waals surface area contributed by atoms with Gasteiger partial charge in [-0.05, 0) is 43.7 Å². The first-order chi connectivity index (χ1) is 8.72. The highest BCUT2D eigenvalue weighted by Gasteiger charge is 2.25. The lowest BCUT2D eigenvalue weighted by molar-refractivity contribution is -0.121. The van der Waals surface area contributed by atoms with Crippen LogP contribution in [0.4, 0.5) is 0 Å². The lowest BCUT2D eigenvalue weighted by atomic mass is 9.82. The van der Waals surface area contributed by atoms with Crippen LogP contribution in [0.15, 0.2) is 24.3 Å². The van der Waals surface area contributed by atoms with E-state index in [9.17, 15) is 4.79 Å². The summed E-state index contributed by atoms with van der Waals surface area (Å²) in [7, 11) is 0. The van der Waals surface area contributed by atoms with E-state index in [2.05, 4.69) is 6.07 Å². The van der Waals surface area contributed by atoms with Gasteiger partial charge in [-0.15, -0.1) is 0 Å². The zero-order chi connectivity index (χ0) is 13.0. The van der Waals surface area contributed by atoms with E-state index in [1.54, 1.807) is 6.92 Å². The number of para-hydroxylation sites is 1. The van der Waals surface area contributed by atoms with E-state index >= 15 is 0 Å². The second kappa shape index (κ2) is 6.01. The first kappa shape index (κ1) is 13.1. The summed E-state index contributed by atoms with van der Waals surface area (Å²) in [6, 6.07) is 8.04. The maximum absolute atomic E-state index is 11.6. The molecule has 3 nitrogen and oxygen atoms in total. The summed E-state index contributed by atoms with van der Waals surface area (Å²) in [4.78, 5) is 11.6. The lowest BCUT2D eigenvalue weighted by Crippen LogP contribution is -2.21. The van der Waals surface area contributed by atoms with Crippen molar-refractivity contribution in [3.63, 3.8) is 0 Å². The van der Waals surface area contributed by atoms with Crippen LogP contribution >= 0.6 is 0 Å². The van der Waals surface area contributed by atoms with Crippen molar-refractivity contribution in [3.8, 4) is 5.75 Å². The molecule has 18 heavy (non-hydrogen) atoms. The zero-order valence-corrected chi connectivity index (χ0v) is 10.8. The summed E-state index contributed by atoms with van der Waals surface area (Å²) in [5, 5.41) is 9.03. The molecule has 2 unspecified atom stereocenters. The fourth-order valence-electron chi connectivity index (χ4n) is 2.65. The molecule has 1 aromatic rings. The summed E-state index contributed by atoms with van der Waals surface area (Å²) in [5.41, 5.74) is 1.20. The number of ether oxygens (including phenoxy) is 1. The van der Waals surface area contributed by atoms with Crippen LogP contribution in [0, 0.1) is 5.92 Å². The Morgan fingerprint density at radius 2 is 2.28 bits per heavy atom. The van der Waals surface area contributed by atoms with Gasteiger partial charge in [0.05, 0.1) is 6.61 Å². The molecule has 1 aliphatic rings. The number of rotatable bonds is 5. The number of aliphatic hydroxyl groups excluding tert-OH is 1. The minimum Gasteiger partial charge on any atom is -0.493 e. The first-order valence-corrected chi connectivity index (χ1v) is 6.55. The summed E-state index contributed by atoms with van der Waals surface area (Å²) in [5.74, 6) is 1.45. The molecular weight excluding hydrogens is 228 g/mol. The molecule has 2 atom stereocenters. The first-order valence-electron chi connectivity index (χ1n) is 6.55. The number of fused-ring (bicyclic) bond motifs is 1. The van der Waals surface area contributed by atoms with Gasteiger partial charge < -0.3 is 9.84 Å². The molecule has 0 radical (unpaired) electrons. The van der Waals surface area contributed by atoms with Crippen molar-refractivity contribution in [2.24, 2.45) is 5.92 Å². The molecule has 1 aliphatic heterocycles. The maximum atomic E-state index is 11.6. The van der Waals surface area contributed by atoms with Crippen LogP contribution in [0.25, 0.3) is 0 Å². The Kier molecular flexibility index (Phi) is 4.37. The molecule has 1 heterocycles. The van der Waals surface area contributed by atoms with Crippen molar-refractivity contribution >= 4 is 5.78 Å². The largest absolute Gasteiger partial charge is 0.493 e. The van der Waals surface area contributed by atoms with Gasteiger partial charge in [0.1, 0.15) is 11.5 Å². The highest BCUT2D eigenvalue weighted by molar-refractivity contribution is 5.78. The van der Waals surface area contributed by atoms with Gasteiger partial charge in [0.25, 0.3) is 0 Å². The number of benzene rings is 1. The van der Waals surface area contributed by atoms with E-state index in [0.29, 0.717) is 18.9 Å². The molecule has 1 N–H and O–H groups in total. The lowest BCUT2D eigenvalue weighted by Gasteiger charge is -2.28. The minimum absolute atomic E-state index is 0.0360. The molecule has 0 saturated carbocycles. The smallest absolute Gasteiger partial charge is 0.133 e. The summed E-state index contributed by atoms with van der Waals surface area (Å²) < 4.78 is 5.62. The fraction of sp³-hybridized carbons (Fsp3) is 0.533. The molecular formula is C15H20O3. The second-order valence-corrected chi connectivity index (χ2v) is 4.93. The minimum atomic E-state index is -0.0360. The van der Waals surface area contributed by atoms with Crippen LogP contribution < -0.4 is 4.74 Å². The number of carbonyl (C=O) groups is 1. The third-order valence-electron chi connectivity index (χ3n) is 3.70. The molecule has 2 rings (SSSR count). The fourth-order valence-corrected chi connectivity index (χ4v) is 2.65. The standard InChI is InChI=1S/C15H20O3/c1-11(17)12(6-8-16)10-13-7-9-18-15-5-3-2-4-14(13)15/h2-5,12-13,16H,6-10H2,1H3. The maximum Gasteiger partial charge on any atom is 0.133 e. The summed E-state index contributed by atoms with van der Waals surface area (Å²) >= 11 is 0. The van der Waals surface area contributed by atoms with Crippen molar-refractivity contribution in [1.82, 2.24) is 0 Å². The average Bonchev–Trinajstić information content (AvgIpc) is 2.38. The van der Waals surface area contributed by atoms with Crippen molar-refractivity contribution in [2.45, 2.75) is 32.1 Å². The van der Waals surface area contributed by atoms with Gasteiger partial charge in [-0.2, -0.15) is 0 Å². The molecule has 98 valence electrons. The molecule has 0 saturated heterocycles. The SMILES string of the molecule is CC(=O)C(CCO)CC1CCOc2ccccc21. The van der Waals surface area contributed by atoms with Gasteiger partial charge in [0.2, 0.25) is 0 Å². The summed E-state index contributed by atoms with van der Waals surface area (Å²) in [6.07, 6.45) is 2.33. The van der Waals surface area contributed by atoms with Crippen LogP contribution in [0.1, 0.15) is 37.7 Å². The van der Waals surface area contributed by atoms with Crippen LogP contribution in [-0.2, 0) is 4.79 Å². The van der Waals surface area contributed by atoms with Gasteiger partial charge in [0, 0.05) is 12.5 Å². The highest BCUT2D eigenvalue weighted by Crippen LogP contribution is 2.37. The van der Waals surface area contributed by atoms with Gasteiger partial charge in [0.15, 0.2) is 0 Å². The number of aliphatic hydroxyl groups is 1. The monoisotopic (exact) mass is 248 g/mol. The van der Waals surface area contributed by atoms with E-state index in [1.807, 2.05) is 18.2 Å². The topological polar surface area (TPSA) is 46.5 Å². The number of ketones is 1. The Hall–Kier alpha value is -1.35. The normalized spacial score (nSPS) is 19.8. The Morgan fingerprint density at radius 3 is 3.00 bits per heavy atom. The number of Topliss-reactive ketones (excluding diaryl/α,β-unsaturated/α-hetero) is 1. The predicted octanol–water partition coefficient (Wildman–Crippen LogP) is 2.53. The van der Waals surface area contributed by atoms with Crippen molar-refractivity contribution in [2.75, 3.05) is 13.2 Å². The Morgan fingerprint density at radius 1 is 1.50 bits per heavy atom. The number of hydrogen-bond donors (Lipinski definition) is 1. The van der Waals surface area contributed by atoms with Crippen LogP contribution in [0.5, 0.6) is 5.75 Å². The second-order valence-electron chi connectivity index (χ2n) is 4.93. The van der Waals surface area contributed by atoms with Gasteiger partial charge in [-0.3, -0.25) is 4.79 Å². The van der Waals surface area contributed by atoms with Gasteiger partial charge in [-0.1, -0.05) is 18.2 Å².